The number of fused-ring (bicyclic) bond motifs is 3. The summed E-state index contributed by atoms with van der Waals surface area (Å²) in [6.45, 7) is 1.73. The molecule has 0 unspecified atom stereocenters. The standard InChI is InChI=1S/C15H10O6/c1-2-19-13(16)10-7-9-12(21-15(10)18)8-5-3-4-6-11(8)20-14(9)17/h3-7H,2H2,1H3. The second-order valence-electron chi connectivity index (χ2n) is 4.30. The number of carbonyl (C=O) groups is 1. The van der Waals surface area contributed by atoms with E-state index in [1.165, 1.54) is 0 Å². The molecule has 0 radical (unpaired) electrons. The predicted octanol–water partition coefficient (Wildman–Crippen LogP) is 2.08. The van der Waals surface area contributed by atoms with Gasteiger partial charge in [-0.05, 0) is 25.1 Å². The Hall–Kier alpha value is -2.89. The maximum absolute atomic E-state index is 12.0. The summed E-state index contributed by atoms with van der Waals surface area (Å²) in [7, 11) is 0. The molecule has 106 valence electrons. The quantitative estimate of drug-likeness (QED) is 0.407. The first-order valence-electron chi connectivity index (χ1n) is 6.28. The first-order valence-corrected chi connectivity index (χ1v) is 6.28. The largest absolute Gasteiger partial charge is 0.462 e. The van der Waals surface area contributed by atoms with Gasteiger partial charge in [0, 0.05) is 0 Å². The highest BCUT2D eigenvalue weighted by Gasteiger charge is 2.18. The van der Waals surface area contributed by atoms with Gasteiger partial charge in [0.2, 0.25) is 0 Å². The number of hydrogen-bond acceptors (Lipinski definition) is 6. The number of benzene rings is 1. The lowest BCUT2D eigenvalue weighted by atomic mass is 10.1. The SMILES string of the molecule is CCOC(=O)c1cc2c(=O)oc3ccccc3c2oc1=O. The van der Waals surface area contributed by atoms with E-state index in [1.54, 1.807) is 31.2 Å². The minimum absolute atomic E-state index is 0.0244. The molecule has 0 saturated carbocycles. The molecule has 1 aromatic carbocycles. The van der Waals surface area contributed by atoms with E-state index in [-0.39, 0.29) is 23.1 Å². The Bertz CT molecular complexity index is 963. The van der Waals surface area contributed by atoms with Crippen molar-refractivity contribution in [3.63, 3.8) is 0 Å². The Kier molecular flexibility index (Phi) is 3.06. The van der Waals surface area contributed by atoms with Crippen molar-refractivity contribution in [3.8, 4) is 0 Å². The van der Waals surface area contributed by atoms with Crippen molar-refractivity contribution < 1.29 is 18.4 Å². The molecule has 0 atom stereocenters. The Morgan fingerprint density at radius 3 is 2.62 bits per heavy atom. The van der Waals surface area contributed by atoms with E-state index in [2.05, 4.69) is 0 Å². The van der Waals surface area contributed by atoms with Gasteiger partial charge in [0.25, 0.3) is 0 Å². The topological polar surface area (TPSA) is 86.7 Å². The average molecular weight is 286 g/mol. The van der Waals surface area contributed by atoms with Crippen molar-refractivity contribution in [1.29, 1.82) is 0 Å². The van der Waals surface area contributed by atoms with Crippen LogP contribution in [0.4, 0.5) is 0 Å². The minimum Gasteiger partial charge on any atom is -0.462 e. The molecule has 0 saturated heterocycles. The van der Waals surface area contributed by atoms with Crippen LogP contribution in [0.25, 0.3) is 21.9 Å². The fourth-order valence-electron chi connectivity index (χ4n) is 2.07. The van der Waals surface area contributed by atoms with Gasteiger partial charge in [0.05, 0.1) is 12.0 Å². The third-order valence-electron chi connectivity index (χ3n) is 3.00. The molecule has 0 amide bonds. The molecule has 2 aromatic heterocycles. The maximum atomic E-state index is 12.0. The van der Waals surface area contributed by atoms with Gasteiger partial charge in [-0.3, -0.25) is 0 Å². The monoisotopic (exact) mass is 286 g/mol. The molecule has 0 bridgehead atoms. The summed E-state index contributed by atoms with van der Waals surface area (Å²) in [6.07, 6.45) is 0. The second kappa shape index (κ2) is 4.90. The summed E-state index contributed by atoms with van der Waals surface area (Å²) in [5, 5.41) is 0.510. The zero-order valence-corrected chi connectivity index (χ0v) is 11.0. The first kappa shape index (κ1) is 13.1. The van der Waals surface area contributed by atoms with Gasteiger partial charge in [-0.15, -0.1) is 0 Å². The van der Waals surface area contributed by atoms with Crippen molar-refractivity contribution in [2.45, 2.75) is 6.92 Å². The van der Waals surface area contributed by atoms with E-state index < -0.39 is 17.2 Å². The molecule has 3 rings (SSSR count). The lowest BCUT2D eigenvalue weighted by Gasteiger charge is -2.03. The van der Waals surface area contributed by atoms with Crippen LogP contribution < -0.4 is 11.3 Å². The van der Waals surface area contributed by atoms with Crippen LogP contribution >= 0.6 is 0 Å². The molecule has 0 spiro atoms. The van der Waals surface area contributed by atoms with Crippen molar-refractivity contribution in [3.05, 3.63) is 56.7 Å². The summed E-state index contributed by atoms with van der Waals surface area (Å²) in [5.74, 6) is -0.833. The predicted molar refractivity (Wildman–Crippen MR) is 74.5 cm³/mol. The molecule has 0 N–H and O–H groups in total. The Morgan fingerprint density at radius 1 is 1.10 bits per heavy atom. The fourth-order valence-corrected chi connectivity index (χ4v) is 2.07. The van der Waals surface area contributed by atoms with Crippen LogP contribution in [0.15, 0.2) is 48.8 Å². The van der Waals surface area contributed by atoms with Crippen LogP contribution in [0.5, 0.6) is 0 Å². The highest BCUT2D eigenvalue weighted by Crippen LogP contribution is 2.21. The molecule has 0 aliphatic heterocycles. The van der Waals surface area contributed by atoms with Crippen LogP contribution in [0.1, 0.15) is 17.3 Å². The molecule has 3 aromatic rings. The van der Waals surface area contributed by atoms with E-state index in [1.807, 2.05) is 0 Å². The normalized spacial score (nSPS) is 10.9. The van der Waals surface area contributed by atoms with E-state index in [4.69, 9.17) is 13.6 Å². The van der Waals surface area contributed by atoms with Gasteiger partial charge in [-0.2, -0.15) is 0 Å². The van der Waals surface area contributed by atoms with Crippen LogP contribution in [0.2, 0.25) is 0 Å². The summed E-state index contributed by atoms with van der Waals surface area (Å²) >= 11 is 0. The molecule has 6 nitrogen and oxygen atoms in total. The number of esters is 1. The Balaban J connectivity index is 2.40. The van der Waals surface area contributed by atoms with Gasteiger partial charge >= 0.3 is 17.2 Å². The molecule has 0 aliphatic rings. The van der Waals surface area contributed by atoms with Crippen LogP contribution in [-0.4, -0.2) is 12.6 Å². The summed E-state index contributed by atoms with van der Waals surface area (Å²) in [5.41, 5.74) is -1.46. The molecule has 0 fully saturated rings. The highest BCUT2D eigenvalue weighted by molar-refractivity contribution is 6.02. The molecular formula is C15H10O6. The van der Waals surface area contributed by atoms with Crippen LogP contribution in [0.3, 0.4) is 0 Å². The first-order chi connectivity index (χ1) is 10.1. The number of para-hydroxylation sites is 1. The summed E-state index contributed by atoms with van der Waals surface area (Å²) in [6, 6.07) is 7.82. The van der Waals surface area contributed by atoms with Gasteiger partial charge in [-0.1, -0.05) is 12.1 Å². The van der Waals surface area contributed by atoms with Crippen LogP contribution in [0, 0.1) is 0 Å². The third kappa shape index (κ3) is 2.10. The van der Waals surface area contributed by atoms with Gasteiger partial charge in [0.1, 0.15) is 16.5 Å². The van der Waals surface area contributed by atoms with E-state index in [9.17, 15) is 14.4 Å². The smallest absolute Gasteiger partial charge is 0.351 e. The average Bonchev–Trinajstić information content (AvgIpc) is 2.47. The van der Waals surface area contributed by atoms with Crippen LogP contribution in [-0.2, 0) is 4.74 Å². The Labute approximate surface area is 117 Å². The summed E-state index contributed by atoms with van der Waals surface area (Å²) < 4.78 is 15.0. The van der Waals surface area contributed by atoms with Crippen molar-refractivity contribution >= 4 is 27.9 Å². The molecular weight excluding hydrogens is 276 g/mol. The van der Waals surface area contributed by atoms with E-state index >= 15 is 0 Å². The number of ether oxygens (including phenoxy) is 1. The van der Waals surface area contributed by atoms with Gasteiger partial charge in [-0.25, -0.2) is 14.4 Å². The number of rotatable bonds is 2. The highest BCUT2D eigenvalue weighted by atomic mass is 16.5. The van der Waals surface area contributed by atoms with Gasteiger partial charge < -0.3 is 13.6 Å². The zero-order valence-electron chi connectivity index (χ0n) is 11.0. The lowest BCUT2D eigenvalue weighted by Crippen LogP contribution is -2.17. The van der Waals surface area contributed by atoms with E-state index in [0.29, 0.717) is 11.0 Å². The minimum atomic E-state index is -0.850. The third-order valence-corrected chi connectivity index (χ3v) is 3.00. The van der Waals surface area contributed by atoms with Crippen molar-refractivity contribution in [1.82, 2.24) is 0 Å². The number of carbonyl (C=O) groups excluding carboxylic acids is 1. The lowest BCUT2D eigenvalue weighted by molar-refractivity contribution is 0.0522. The maximum Gasteiger partial charge on any atom is 0.351 e. The summed E-state index contributed by atoms with van der Waals surface area (Å²) in [4.78, 5) is 35.5. The zero-order chi connectivity index (χ0) is 15.0. The van der Waals surface area contributed by atoms with Gasteiger partial charge in [0.15, 0.2) is 5.58 Å². The second-order valence-corrected chi connectivity index (χ2v) is 4.30. The fraction of sp³-hybridized carbons (Fsp3) is 0.133. The van der Waals surface area contributed by atoms with Crippen molar-refractivity contribution in [2.75, 3.05) is 6.61 Å². The Morgan fingerprint density at radius 2 is 1.86 bits per heavy atom. The number of hydrogen-bond donors (Lipinski definition) is 0. The molecule has 21 heavy (non-hydrogen) atoms. The van der Waals surface area contributed by atoms with E-state index in [0.717, 1.165) is 6.07 Å². The molecule has 6 heteroatoms. The van der Waals surface area contributed by atoms with Crippen molar-refractivity contribution in [2.24, 2.45) is 0 Å². The molecule has 2 heterocycles. The molecule has 0 aliphatic carbocycles.